The molecule has 0 aliphatic heterocycles. The minimum absolute atomic E-state index is 0.181. The van der Waals surface area contributed by atoms with E-state index in [4.69, 9.17) is 10.6 Å². The summed E-state index contributed by atoms with van der Waals surface area (Å²) in [7, 11) is 0. The second-order valence-electron chi connectivity index (χ2n) is 3.31. The maximum Gasteiger partial charge on any atom is 0.248 e. The molecule has 0 heterocycles. The number of rotatable bonds is 6. The van der Waals surface area contributed by atoms with E-state index in [1.165, 1.54) is 0 Å². The van der Waals surface area contributed by atoms with Crippen molar-refractivity contribution in [3.63, 3.8) is 0 Å². The smallest absolute Gasteiger partial charge is 0.248 e. The van der Waals surface area contributed by atoms with Crippen LogP contribution in [0.1, 0.15) is 27.2 Å². The van der Waals surface area contributed by atoms with Gasteiger partial charge in [-0.1, -0.05) is 24.7 Å². The highest BCUT2D eigenvalue weighted by Crippen LogP contribution is 2.09. The van der Waals surface area contributed by atoms with Crippen molar-refractivity contribution in [2.75, 3.05) is 6.61 Å². The Hall–Kier alpha value is -1.58. The van der Waals surface area contributed by atoms with E-state index in [2.05, 4.69) is 11.7 Å². The van der Waals surface area contributed by atoms with Crippen LogP contribution in [0.4, 0.5) is 0 Å². The first-order chi connectivity index (χ1) is 6.99. The number of amides is 1. The number of hydrogen-bond acceptors (Lipinski definition) is 3. The van der Waals surface area contributed by atoms with Crippen molar-refractivity contribution in [1.29, 1.82) is 0 Å². The summed E-state index contributed by atoms with van der Waals surface area (Å²) in [5.74, 6) is -0.484. The van der Waals surface area contributed by atoms with Gasteiger partial charge in [0, 0.05) is 5.57 Å². The predicted molar refractivity (Wildman–Crippen MR) is 61.4 cm³/mol. The van der Waals surface area contributed by atoms with E-state index < -0.39 is 5.91 Å². The molecule has 1 amide bonds. The molecule has 0 aliphatic rings. The van der Waals surface area contributed by atoms with Crippen molar-refractivity contribution in [2.24, 2.45) is 10.9 Å². The number of primary amides is 1. The molecule has 0 atom stereocenters. The predicted octanol–water partition coefficient (Wildman–Crippen LogP) is 1.78. The largest absolute Gasteiger partial charge is 0.391 e. The second kappa shape index (κ2) is 6.81. The maximum atomic E-state index is 11.0. The first-order valence-electron chi connectivity index (χ1n) is 4.80. The lowest BCUT2D eigenvalue weighted by Gasteiger charge is -2.06. The Kier molecular flexibility index (Phi) is 6.09. The van der Waals surface area contributed by atoms with Crippen LogP contribution in [0.15, 0.2) is 29.0 Å². The number of carbonyl (C=O) groups excluding carboxylic acids is 1. The lowest BCUT2D eigenvalue weighted by Crippen LogP contribution is -2.17. The van der Waals surface area contributed by atoms with Crippen LogP contribution in [0.3, 0.4) is 0 Å². The molecule has 0 unspecified atom stereocenters. The molecule has 84 valence electrons. The first-order valence-corrected chi connectivity index (χ1v) is 4.80. The monoisotopic (exact) mass is 210 g/mol. The molecule has 0 spiro atoms. The van der Waals surface area contributed by atoms with Crippen LogP contribution in [-0.2, 0) is 9.63 Å². The Balaban J connectivity index is 4.35. The summed E-state index contributed by atoms with van der Waals surface area (Å²) in [4.78, 5) is 16.0. The average Bonchev–Trinajstić information content (AvgIpc) is 2.12. The highest BCUT2D eigenvalue weighted by atomic mass is 16.6. The molecule has 0 rings (SSSR count). The van der Waals surface area contributed by atoms with Crippen molar-refractivity contribution in [1.82, 2.24) is 0 Å². The van der Waals surface area contributed by atoms with Gasteiger partial charge in [0.1, 0.15) is 6.61 Å². The molecule has 0 bridgehead atoms. The molecular weight excluding hydrogens is 192 g/mol. The Morgan fingerprint density at radius 3 is 2.53 bits per heavy atom. The van der Waals surface area contributed by atoms with Gasteiger partial charge in [-0.2, -0.15) is 0 Å². The molecule has 0 aromatic rings. The standard InChI is InChI=1S/C11H18N2O2/c1-5-6-10(11(12)14)9(4)7-15-13-8(2)3/h6H,4-5,7H2,1-3H3,(H2,12,14)/b10-6+. The first kappa shape index (κ1) is 13.4. The number of nitrogens with two attached hydrogens (primary N) is 1. The van der Waals surface area contributed by atoms with Gasteiger partial charge >= 0.3 is 0 Å². The fourth-order valence-electron chi connectivity index (χ4n) is 0.940. The fraction of sp³-hybridized carbons (Fsp3) is 0.455. The van der Waals surface area contributed by atoms with Gasteiger partial charge < -0.3 is 10.6 Å². The molecule has 4 heteroatoms. The van der Waals surface area contributed by atoms with Crippen molar-refractivity contribution in [2.45, 2.75) is 27.2 Å². The lowest BCUT2D eigenvalue weighted by molar-refractivity contribution is -0.114. The highest BCUT2D eigenvalue weighted by Gasteiger charge is 2.08. The number of nitrogens with zero attached hydrogens (tertiary/aromatic N) is 1. The fourth-order valence-corrected chi connectivity index (χ4v) is 0.940. The zero-order valence-corrected chi connectivity index (χ0v) is 9.54. The number of allylic oxidation sites excluding steroid dienone is 1. The topological polar surface area (TPSA) is 64.7 Å². The molecule has 0 saturated heterocycles. The third kappa shape index (κ3) is 5.67. The molecule has 4 nitrogen and oxygen atoms in total. The quantitative estimate of drug-likeness (QED) is 0.314. The van der Waals surface area contributed by atoms with Gasteiger partial charge in [-0.3, -0.25) is 4.79 Å². The molecule has 0 fully saturated rings. The van der Waals surface area contributed by atoms with E-state index in [9.17, 15) is 4.79 Å². The van der Waals surface area contributed by atoms with Gasteiger partial charge in [-0.05, 0) is 25.8 Å². The van der Waals surface area contributed by atoms with Gasteiger partial charge in [-0.15, -0.1) is 0 Å². The zero-order chi connectivity index (χ0) is 11.8. The molecule has 2 N–H and O–H groups in total. The van der Waals surface area contributed by atoms with Gasteiger partial charge in [0.2, 0.25) is 5.91 Å². The van der Waals surface area contributed by atoms with E-state index >= 15 is 0 Å². The van der Waals surface area contributed by atoms with Crippen LogP contribution in [0, 0.1) is 0 Å². The zero-order valence-electron chi connectivity index (χ0n) is 9.54. The van der Waals surface area contributed by atoms with Gasteiger partial charge in [-0.25, -0.2) is 0 Å². The van der Waals surface area contributed by atoms with Gasteiger partial charge in [0.25, 0.3) is 0 Å². The third-order valence-electron chi connectivity index (χ3n) is 1.54. The summed E-state index contributed by atoms with van der Waals surface area (Å²) >= 11 is 0. The van der Waals surface area contributed by atoms with Crippen LogP contribution in [0.25, 0.3) is 0 Å². The van der Waals surface area contributed by atoms with Crippen molar-refractivity contribution in [3.05, 3.63) is 23.8 Å². The molecular formula is C11H18N2O2. The Bertz CT molecular complexity index is 300. The molecule has 0 radical (unpaired) electrons. The normalized spacial score (nSPS) is 10.7. The van der Waals surface area contributed by atoms with Gasteiger partial charge in [0.15, 0.2) is 0 Å². The summed E-state index contributed by atoms with van der Waals surface area (Å²) in [6.07, 6.45) is 2.46. The van der Waals surface area contributed by atoms with Crippen LogP contribution in [0.2, 0.25) is 0 Å². The maximum absolute atomic E-state index is 11.0. The van der Waals surface area contributed by atoms with Crippen molar-refractivity contribution >= 4 is 11.6 Å². The minimum atomic E-state index is -0.484. The lowest BCUT2D eigenvalue weighted by atomic mass is 10.1. The van der Waals surface area contributed by atoms with E-state index in [1.807, 2.05) is 20.8 Å². The Morgan fingerprint density at radius 2 is 2.13 bits per heavy atom. The molecule has 0 saturated carbocycles. The third-order valence-corrected chi connectivity index (χ3v) is 1.54. The van der Waals surface area contributed by atoms with Crippen molar-refractivity contribution in [3.8, 4) is 0 Å². The molecule has 0 aromatic carbocycles. The molecule has 0 aliphatic carbocycles. The number of carbonyl (C=O) groups is 1. The number of hydrogen-bond donors (Lipinski definition) is 1. The SMILES string of the molecule is C=C(CON=C(C)C)/C(=C\CC)C(N)=O. The summed E-state index contributed by atoms with van der Waals surface area (Å²) in [5.41, 5.74) is 6.97. The Morgan fingerprint density at radius 1 is 1.53 bits per heavy atom. The van der Waals surface area contributed by atoms with Crippen LogP contribution in [-0.4, -0.2) is 18.2 Å². The van der Waals surface area contributed by atoms with E-state index in [-0.39, 0.29) is 6.61 Å². The van der Waals surface area contributed by atoms with Crippen LogP contribution >= 0.6 is 0 Å². The summed E-state index contributed by atoms with van der Waals surface area (Å²) in [5, 5.41) is 3.74. The average molecular weight is 210 g/mol. The summed E-state index contributed by atoms with van der Waals surface area (Å²) in [6, 6.07) is 0. The van der Waals surface area contributed by atoms with Crippen LogP contribution < -0.4 is 5.73 Å². The minimum Gasteiger partial charge on any atom is -0.391 e. The Labute approximate surface area is 90.5 Å². The van der Waals surface area contributed by atoms with E-state index in [0.29, 0.717) is 11.1 Å². The van der Waals surface area contributed by atoms with Gasteiger partial charge in [0.05, 0.1) is 5.71 Å². The molecule has 15 heavy (non-hydrogen) atoms. The van der Waals surface area contributed by atoms with E-state index in [1.54, 1.807) is 6.08 Å². The van der Waals surface area contributed by atoms with E-state index in [0.717, 1.165) is 12.1 Å². The summed E-state index contributed by atoms with van der Waals surface area (Å²) < 4.78 is 0. The second-order valence-corrected chi connectivity index (χ2v) is 3.31. The van der Waals surface area contributed by atoms with Crippen LogP contribution in [0.5, 0.6) is 0 Å². The van der Waals surface area contributed by atoms with Crippen molar-refractivity contribution < 1.29 is 9.63 Å². The molecule has 0 aromatic heterocycles. The summed E-state index contributed by atoms with van der Waals surface area (Å²) in [6.45, 7) is 9.47. The highest BCUT2D eigenvalue weighted by molar-refractivity contribution is 5.96. The number of oxime groups is 1.